The van der Waals surface area contributed by atoms with E-state index in [2.05, 4.69) is 11.8 Å². The zero-order valence-corrected chi connectivity index (χ0v) is 9.04. The largest absolute Gasteiger partial charge is 0.481 e. The molecule has 1 heterocycles. The third-order valence-corrected chi connectivity index (χ3v) is 2.87. The van der Waals surface area contributed by atoms with Crippen molar-refractivity contribution in [3.05, 3.63) is 0 Å². The van der Waals surface area contributed by atoms with Gasteiger partial charge in [0.1, 0.15) is 0 Å². The maximum absolute atomic E-state index is 10.4. The Hall–Kier alpha value is -0.570. The van der Waals surface area contributed by atoms with Crippen LogP contribution in [0.4, 0.5) is 0 Å². The summed E-state index contributed by atoms with van der Waals surface area (Å²) in [5.74, 6) is -0.153. The summed E-state index contributed by atoms with van der Waals surface area (Å²) in [6.45, 7) is 5.64. The summed E-state index contributed by atoms with van der Waals surface area (Å²) in [5, 5.41) is 8.55. The van der Waals surface area contributed by atoms with Gasteiger partial charge in [-0.15, -0.1) is 0 Å². The lowest BCUT2D eigenvalue weighted by Gasteiger charge is -2.28. The van der Waals surface area contributed by atoms with E-state index in [1.807, 2.05) is 0 Å². The van der Waals surface area contributed by atoms with Gasteiger partial charge in [-0.3, -0.25) is 4.79 Å². The van der Waals surface area contributed by atoms with Crippen LogP contribution in [-0.2, 0) is 4.79 Å². The molecule has 3 heteroatoms. The highest BCUT2D eigenvalue weighted by Gasteiger charge is 2.13. The topological polar surface area (TPSA) is 40.5 Å². The predicted molar refractivity (Wildman–Crippen MR) is 56.3 cm³/mol. The zero-order chi connectivity index (χ0) is 10.4. The molecule has 0 radical (unpaired) electrons. The normalized spacial score (nSPS) is 20.6. The highest BCUT2D eigenvalue weighted by atomic mass is 16.4. The molecule has 0 saturated carbocycles. The molecule has 1 rings (SSSR count). The van der Waals surface area contributed by atoms with Gasteiger partial charge < -0.3 is 10.0 Å². The molecule has 0 aromatic rings. The van der Waals surface area contributed by atoms with Crippen molar-refractivity contribution in [2.24, 2.45) is 5.92 Å². The van der Waals surface area contributed by atoms with Gasteiger partial charge in [0.15, 0.2) is 0 Å². The fourth-order valence-electron chi connectivity index (χ4n) is 2.04. The van der Waals surface area contributed by atoms with Crippen LogP contribution >= 0.6 is 0 Å². The summed E-state index contributed by atoms with van der Waals surface area (Å²) < 4.78 is 0. The Morgan fingerprint density at radius 3 is 2.57 bits per heavy atom. The van der Waals surface area contributed by atoms with Crippen molar-refractivity contribution in [1.82, 2.24) is 4.90 Å². The number of aliphatic carboxylic acids is 1. The smallest absolute Gasteiger partial charge is 0.303 e. The van der Waals surface area contributed by atoms with Crippen molar-refractivity contribution in [1.29, 1.82) is 0 Å². The lowest BCUT2D eigenvalue weighted by atomic mass is 10.0. The van der Waals surface area contributed by atoms with E-state index in [-0.39, 0.29) is 0 Å². The van der Waals surface area contributed by atoms with Crippen LogP contribution in [-0.4, -0.2) is 35.6 Å². The number of hydrogen-bond acceptors (Lipinski definition) is 2. The minimum Gasteiger partial charge on any atom is -0.481 e. The minimum atomic E-state index is -0.671. The summed E-state index contributed by atoms with van der Waals surface area (Å²) in [5.41, 5.74) is 0. The van der Waals surface area contributed by atoms with Gasteiger partial charge in [-0.1, -0.05) is 13.3 Å². The molecular weight excluding hydrogens is 178 g/mol. The monoisotopic (exact) mass is 199 g/mol. The second-order valence-corrected chi connectivity index (χ2v) is 4.40. The molecule has 14 heavy (non-hydrogen) atoms. The molecule has 0 aromatic heterocycles. The number of carboxylic acid groups (broad SMARTS) is 1. The van der Waals surface area contributed by atoms with Gasteiger partial charge in [0.2, 0.25) is 0 Å². The molecule has 1 aliphatic rings. The third kappa shape index (κ3) is 4.61. The minimum absolute atomic E-state index is 0.314. The number of carbonyl (C=O) groups is 1. The number of nitrogens with zero attached hydrogens (tertiary/aromatic N) is 1. The molecule has 0 amide bonds. The molecule has 0 spiro atoms. The Labute approximate surface area is 86.1 Å². The van der Waals surface area contributed by atoms with Crippen LogP contribution in [0.15, 0.2) is 0 Å². The van der Waals surface area contributed by atoms with Crippen LogP contribution < -0.4 is 0 Å². The summed E-state index contributed by atoms with van der Waals surface area (Å²) in [6, 6.07) is 0. The van der Waals surface area contributed by atoms with E-state index in [4.69, 9.17) is 5.11 Å². The molecule has 1 fully saturated rings. The zero-order valence-electron chi connectivity index (χ0n) is 9.04. The third-order valence-electron chi connectivity index (χ3n) is 2.87. The van der Waals surface area contributed by atoms with Crippen LogP contribution in [0.5, 0.6) is 0 Å². The van der Waals surface area contributed by atoms with E-state index in [0.717, 1.165) is 13.0 Å². The van der Waals surface area contributed by atoms with Crippen molar-refractivity contribution in [3.63, 3.8) is 0 Å². The molecular formula is C11H21NO2. The van der Waals surface area contributed by atoms with E-state index in [9.17, 15) is 4.79 Å². The number of carboxylic acids is 1. The second kappa shape index (κ2) is 6.02. The molecule has 1 aliphatic heterocycles. The highest BCUT2D eigenvalue weighted by Crippen LogP contribution is 2.13. The number of likely N-dealkylation sites (tertiary alicyclic amines) is 1. The summed E-state index contributed by atoms with van der Waals surface area (Å²) in [6.07, 6.45) is 5.11. The Balaban J connectivity index is 2.11. The molecule has 0 aliphatic carbocycles. The van der Waals surface area contributed by atoms with E-state index in [1.54, 1.807) is 0 Å². The number of hydrogen-bond donors (Lipinski definition) is 1. The van der Waals surface area contributed by atoms with Crippen molar-refractivity contribution in [3.8, 4) is 0 Å². The van der Waals surface area contributed by atoms with Crippen LogP contribution in [0.2, 0.25) is 0 Å². The first-order chi connectivity index (χ1) is 6.68. The fraction of sp³-hybridized carbons (Fsp3) is 0.909. The second-order valence-electron chi connectivity index (χ2n) is 4.40. The molecule has 1 N–H and O–H groups in total. The van der Waals surface area contributed by atoms with E-state index in [1.165, 1.54) is 32.4 Å². The summed E-state index contributed by atoms with van der Waals surface area (Å²) >= 11 is 0. The predicted octanol–water partition coefficient (Wildman–Crippen LogP) is 1.97. The maximum atomic E-state index is 10.4. The Bertz CT molecular complexity index is 176. The SMILES string of the molecule is CC(CCC(=O)O)CN1CCCCC1. The van der Waals surface area contributed by atoms with Gasteiger partial charge in [0.25, 0.3) is 0 Å². The Morgan fingerprint density at radius 2 is 2.00 bits per heavy atom. The van der Waals surface area contributed by atoms with Crippen molar-refractivity contribution in [2.45, 2.75) is 39.0 Å². The first-order valence-electron chi connectivity index (χ1n) is 5.62. The highest BCUT2D eigenvalue weighted by molar-refractivity contribution is 5.66. The van der Waals surface area contributed by atoms with Crippen molar-refractivity contribution < 1.29 is 9.90 Å². The lowest BCUT2D eigenvalue weighted by Crippen LogP contribution is -2.33. The number of rotatable bonds is 5. The van der Waals surface area contributed by atoms with Gasteiger partial charge in [-0.05, 0) is 38.3 Å². The van der Waals surface area contributed by atoms with Gasteiger partial charge in [0.05, 0.1) is 0 Å². The molecule has 82 valence electrons. The first-order valence-corrected chi connectivity index (χ1v) is 5.62. The first kappa shape index (κ1) is 11.5. The molecule has 0 aromatic carbocycles. The average molecular weight is 199 g/mol. The van der Waals surface area contributed by atoms with Crippen molar-refractivity contribution >= 4 is 5.97 Å². The Morgan fingerprint density at radius 1 is 1.36 bits per heavy atom. The molecule has 1 atom stereocenters. The van der Waals surface area contributed by atoms with E-state index < -0.39 is 5.97 Å². The molecule has 1 unspecified atom stereocenters. The summed E-state index contributed by atoms with van der Waals surface area (Å²) in [4.78, 5) is 12.9. The molecule has 3 nitrogen and oxygen atoms in total. The average Bonchev–Trinajstić information content (AvgIpc) is 2.16. The van der Waals surface area contributed by atoms with E-state index in [0.29, 0.717) is 12.3 Å². The molecule has 1 saturated heterocycles. The summed E-state index contributed by atoms with van der Waals surface area (Å²) in [7, 11) is 0. The van der Waals surface area contributed by atoms with Gasteiger partial charge in [0, 0.05) is 13.0 Å². The maximum Gasteiger partial charge on any atom is 0.303 e. The van der Waals surface area contributed by atoms with Crippen LogP contribution in [0.1, 0.15) is 39.0 Å². The van der Waals surface area contributed by atoms with Crippen LogP contribution in [0, 0.1) is 5.92 Å². The molecule has 0 bridgehead atoms. The standard InChI is InChI=1S/C11H21NO2/c1-10(5-6-11(13)14)9-12-7-3-2-4-8-12/h10H,2-9H2,1H3,(H,13,14). The van der Waals surface area contributed by atoms with Gasteiger partial charge >= 0.3 is 5.97 Å². The number of piperidine rings is 1. The van der Waals surface area contributed by atoms with Crippen molar-refractivity contribution in [2.75, 3.05) is 19.6 Å². The van der Waals surface area contributed by atoms with E-state index >= 15 is 0 Å². The van der Waals surface area contributed by atoms with Gasteiger partial charge in [-0.25, -0.2) is 0 Å². The fourth-order valence-corrected chi connectivity index (χ4v) is 2.04. The van der Waals surface area contributed by atoms with Crippen LogP contribution in [0.3, 0.4) is 0 Å². The van der Waals surface area contributed by atoms with Crippen LogP contribution in [0.25, 0.3) is 0 Å². The van der Waals surface area contributed by atoms with Gasteiger partial charge in [-0.2, -0.15) is 0 Å². The lowest BCUT2D eigenvalue weighted by molar-refractivity contribution is -0.137. The Kier molecular flexibility index (Phi) is 4.94. The quantitative estimate of drug-likeness (QED) is 0.736.